The standard InChI is InChI=1S/C30H36ClN7O4SSi/c1-16-11-32-25-23-20(43-26(25)27(40)35-16)9-8-19-24(23)33-13-21(36-19)42-28-17(12-34-29(31)37-28)14-38-18(7-10-22(38)39)15-41-44(5,6)30(2,3)4/h8-9,12-13,16,18,32H,7,10-11,14-15H2,1-6H3,(H,35,40)/t16-,18?/m1/s1. The molecule has 3 aromatic heterocycles. The summed E-state index contributed by atoms with van der Waals surface area (Å²) in [6.07, 6.45) is 4.30. The number of nitrogens with zero attached hydrogens (tertiary/aromatic N) is 5. The van der Waals surface area contributed by atoms with Gasteiger partial charge in [0.15, 0.2) is 8.32 Å². The van der Waals surface area contributed by atoms with Crippen LogP contribution in [0, 0.1) is 0 Å². The molecule has 2 atom stereocenters. The maximum Gasteiger partial charge on any atom is 0.263 e. The highest BCUT2D eigenvalue weighted by Gasteiger charge is 2.40. The van der Waals surface area contributed by atoms with E-state index in [4.69, 9.17) is 30.7 Å². The first kappa shape index (κ1) is 30.6. The highest BCUT2D eigenvalue weighted by Crippen LogP contribution is 2.41. The summed E-state index contributed by atoms with van der Waals surface area (Å²) in [7, 11) is -1.98. The first-order chi connectivity index (χ1) is 20.8. The van der Waals surface area contributed by atoms with Crippen LogP contribution in [0.5, 0.6) is 11.8 Å². The van der Waals surface area contributed by atoms with Crippen LogP contribution in [0.3, 0.4) is 0 Å². The van der Waals surface area contributed by atoms with Gasteiger partial charge >= 0.3 is 0 Å². The predicted octanol–water partition coefficient (Wildman–Crippen LogP) is 6.14. The third kappa shape index (κ3) is 5.85. The third-order valence-corrected chi connectivity index (χ3v) is 14.6. The monoisotopic (exact) mass is 653 g/mol. The van der Waals surface area contributed by atoms with E-state index in [9.17, 15) is 9.59 Å². The third-order valence-electron chi connectivity index (χ3n) is 8.74. The fourth-order valence-electron chi connectivity index (χ4n) is 5.18. The fraction of sp³-hybridized carbons (Fsp3) is 0.467. The van der Waals surface area contributed by atoms with Crippen LogP contribution in [0.2, 0.25) is 23.4 Å². The molecule has 2 amide bonds. The molecular weight excluding hydrogens is 618 g/mol. The topological polar surface area (TPSA) is 131 Å². The minimum atomic E-state index is -1.98. The Hall–Kier alpha value is -3.39. The number of fused-ring (bicyclic) bond motifs is 5. The molecule has 11 nitrogen and oxygen atoms in total. The number of anilines is 1. The number of halogens is 1. The zero-order valence-electron chi connectivity index (χ0n) is 25.7. The summed E-state index contributed by atoms with van der Waals surface area (Å²) in [4.78, 5) is 46.1. The van der Waals surface area contributed by atoms with Crippen LogP contribution in [0.1, 0.15) is 55.8 Å². The highest BCUT2D eigenvalue weighted by molar-refractivity contribution is 7.21. The van der Waals surface area contributed by atoms with E-state index >= 15 is 0 Å². The summed E-state index contributed by atoms with van der Waals surface area (Å²) in [6.45, 7) is 14.3. The summed E-state index contributed by atoms with van der Waals surface area (Å²) in [6, 6.07) is 3.74. The summed E-state index contributed by atoms with van der Waals surface area (Å²) in [5.41, 5.74) is 2.64. The number of carbonyl (C=O) groups is 2. The Bertz CT molecular complexity index is 1780. The normalized spacial score (nSPS) is 19.2. The summed E-state index contributed by atoms with van der Waals surface area (Å²) < 4.78 is 13.6. The molecule has 1 aromatic carbocycles. The largest absolute Gasteiger partial charge is 0.418 e. The van der Waals surface area contributed by atoms with Crippen LogP contribution in [0.15, 0.2) is 24.5 Å². The van der Waals surface area contributed by atoms with E-state index < -0.39 is 8.32 Å². The first-order valence-electron chi connectivity index (χ1n) is 14.7. The van der Waals surface area contributed by atoms with Crippen LogP contribution in [-0.2, 0) is 15.8 Å². The average Bonchev–Trinajstić information content (AvgIpc) is 3.47. The maximum atomic E-state index is 13.0. The van der Waals surface area contributed by atoms with E-state index in [1.54, 1.807) is 6.20 Å². The lowest BCUT2D eigenvalue weighted by molar-refractivity contribution is -0.130. The number of thiophene rings is 1. The van der Waals surface area contributed by atoms with Gasteiger partial charge in [0, 0.05) is 35.3 Å². The van der Waals surface area contributed by atoms with Crippen molar-refractivity contribution < 1.29 is 18.8 Å². The number of aromatic nitrogens is 4. The van der Waals surface area contributed by atoms with Crippen molar-refractivity contribution in [1.82, 2.24) is 30.2 Å². The van der Waals surface area contributed by atoms with Crippen molar-refractivity contribution in [3.8, 4) is 11.8 Å². The lowest BCUT2D eigenvalue weighted by Crippen LogP contribution is -2.45. The van der Waals surface area contributed by atoms with Gasteiger partial charge < -0.3 is 24.7 Å². The number of ether oxygens (including phenoxy) is 1. The zero-order chi connectivity index (χ0) is 31.4. The number of likely N-dealkylation sites (tertiary alicyclic amines) is 1. The molecule has 0 saturated carbocycles. The van der Waals surface area contributed by atoms with Crippen molar-refractivity contribution in [1.29, 1.82) is 0 Å². The molecule has 0 bridgehead atoms. The van der Waals surface area contributed by atoms with Gasteiger partial charge in [-0.25, -0.2) is 15.0 Å². The summed E-state index contributed by atoms with van der Waals surface area (Å²) in [5.74, 6) is 0.383. The Morgan fingerprint density at radius 2 is 1.95 bits per heavy atom. The van der Waals surface area contributed by atoms with Crippen molar-refractivity contribution in [2.75, 3.05) is 18.5 Å². The number of hydrogen-bond acceptors (Lipinski definition) is 10. The van der Waals surface area contributed by atoms with Gasteiger partial charge in [-0.1, -0.05) is 20.8 Å². The van der Waals surface area contributed by atoms with Gasteiger partial charge in [-0.05, 0) is 55.2 Å². The second-order valence-corrected chi connectivity index (χ2v) is 19.1. The second kappa shape index (κ2) is 11.5. The second-order valence-electron chi connectivity index (χ2n) is 12.9. The Balaban J connectivity index is 1.26. The quantitative estimate of drug-likeness (QED) is 0.178. The SMILES string of the molecule is C[C@@H]1CNc2c(sc3ccc4nc(Oc5nc(Cl)ncc5CN5C(=O)CCC5CO[Si](C)(C)C(C)(C)C)cnc4c23)C(=O)N1. The molecule has 2 aliphatic rings. The van der Waals surface area contributed by atoms with Gasteiger partial charge in [0.2, 0.25) is 23.0 Å². The van der Waals surface area contributed by atoms with Crippen molar-refractivity contribution in [2.45, 2.75) is 77.3 Å². The molecule has 5 heterocycles. The van der Waals surface area contributed by atoms with E-state index in [1.807, 2.05) is 24.0 Å². The van der Waals surface area contributed by atoms with Gasteiger partial charge in [0.1, 0.15) is 4.88 Å². The molecule has 232 valence electrons. The van der Waals surface area contributed by atoms with E-state index in [1.165, 1.54) is 17.5 Å². The predicted molar refractivity (Wildman–Crippen MR) is 174 cm³/mol. The Morgan fingerprint density at radius 3 is 2.73 bits per heavy atom. The van der Waals surface area contributed by atoms with E-state index in [-0.39, 0.29) is 52.5 Å². The molecule has 0 spiro atoms. The van der Waals surface area contributed by atoms with Crippen LogP contribution in [0.4, 0.5) is 5.69 Å². The number of amides is 2. The Morgan fingerprint density at radius 1 is 1.16 bits per heavy atom. The van der Waals surface area contributed by atoms with E-state index in [0.29, 0.717) is 41.0 Å². The minimum Gasteiger partial charge on any atom is -0.418 e. The number of hydrogen-bond donors (Lipinski definition) is 2. The molecule has 0 radical (unpaired) electrons. The molecule has 2 aliphatic heterocycles. The van der Waals surface area contributed by atoms with E-state index in [0.717, 1.165) is 22.2 Å². The fourth-order valence-corrected chi connectivity index (χ4v) is 7.43. The molecule has 1 fully saturated rings. The Kier molecular flexibility index (Phi) is 8.01. The van der Waals surface area contributed by atoms with Gasteiger partial charge in [-0.3, -0.25) is 9.59 Å². The summed E-state index contributed by atoms with van der Waals surface area (Å²) >= 11 is 7.60. The van der Waals surface area contributed by atoms with Crippen LogP contribution in [0.25, 0.3) is 21.1 Å². The number of benzene rings is 1. The number of nitrogens with one attached hydrogen (secondary N) is 2. The molecule has 14 heteroatoms. The van der Waals surface area contributed by atoms with Gasteiger partial charge in [0.05, 0.1) is 47.7 Å². The molecular formula is C30H36ClN7O4SSi. The lowest BCUT2D eigenvalue weighted by Gasteiger charge is -2.38. The molecule has 4 aromatic rings. The average molecular weight is 654 g/mol. The lowest BCUT2D eigenvalue weighted by atomic mass is 10.1. The smallest absolute Gasteiger partial charge is 0.263 e. The first-order valence-corrected chi connectivity index (χ1v) is 18.8. The molecule has 1 unspecified atom stereocenters. The van der Waals surface area contributed by atoms with Crippen molar-refractivity contribution in [3.63, 3.8) is 0 Å². The molecule has 2 N–H and O–H groups in total. The molecule has 1 saturated heterocycles. The number of rotatable bonds is 7. The molecule has 6 rings (SSSR count). The number of carbonyl (C=O) groups excluding carboxylic acids is 2. The minimum absolute atomic E-state index is 0.00272. The van der Waals surface area contributed by atoms with Crippen molar-refractivity contribution in [3.05, 3.63) is 40.3 Å². The van der Waals surface area contributed by atoms with Crippen LogP contribution < -0.4 is 15.4 Å². The van der Waals surface area contributed by atoms with Crippen LogP contribution in [-0.4, -0.2) is 70.2 Å². The van der Waals surface area contributed by atoms with Gasteiger partial charge in [-0.15, -0.1) is 11.3 Å². The maximum absolute atomic E-state index is 13.0. The van der Waals surface area contributed by atoms with E-state index in [2.05, 4.69) is 54.5 Å². The van der Waals surface area contributed by atoms with Crippen molar-refractivity contribution >= 4 is 69.9 Å². The molecule has 44 heavy (non-hydrogen) atoms. The zero-order valence-corrected chi connectivity index (χ0v) is 28.2. The van der Waals surface area contributed by atoms with Crippen molar-refractivity contribution in [2.24, 2.45) is 0 Å². The van der Waals surface area contributed by atoms with Gasteiger partial charge in [-0.2, -0.15) is 4.98 Å². The molecule has 0 aliphatic carbocycles. The summed E-state index contributed by atoms with van der Waals surface area (Å²) in [5, 5.41) is 7.36. The van der Waals surface area contributed by atoms with Crippen LogP contribution >= 0.6 is 22.9 Å². The Labute approximate surface area is 265 Å². The van der Waals surface area contributed by atoms with Gasteiger partial charge in [0.25, 0.3) is 5.91 Å². The highest BCUT2D eigenvalue weighted by atomic mass is 35.5.